The molecule has 0 fully saturated rings. The van der Waals surface area contributed by atoms with Gasteiger partial charge in [0.25, 0.3) is 0 Å². The van der Waals surface area contributed by atoms with Gasteiger partial charge in [-0.05, 0) is 55.5 Å². The van der Waals surface area contributed by atoms with E-state index in [-0.39, 0.29) is 30.9 Å². The van der Waals surface area contributed by atoms with Crippen molar-refractivity contribution < 1.29 is 9.59 Å². The summed E-state index contributed by atoms with van der Waals surface area (Å²) >= 11 is 0. The van der Waals surface area contributed by atoms with E-state index >= 15 is 0 Å². The summed E-state index contributed by atoms with van der Waals surface area (Å²) in [5.41, 5.74) is 4.58. The number of likely N-dealkylation sites (N-methyl/N-ethyl adjacent to an activating group) is 1. The fourth-order valence-electron chi connectivity index (χ4n) is 3.90. The number of nitrogens with zero attached hydrogens (tertiary/aromatic N) is 1. The average Bonchev–Trinajstić information content (AvgIpc) is 2.72. The lowest BCUT2D eigenvalue weighted by atomic mass is 9.87. The number of carbonyl (C=O) groups excluding carboxylic acids is 2. The van der Waals surface area contributed by atoms with Crippen LogP contribution in [-0.2, 0) is 22.4 Å². The minimum Gasteiger partial charge on any atom is -0.346 e. The quantitative estimate of drug-likeness (QED) is 0.776. The van der Waals surface area contributed by atoms with Crippen molar-refractivity contribution in [3.05, 3.63) is 65.2 Å². The van der Waals surface area contributed by atoms with Gasteiger partial charge in [-0.1, -0.05) is 49.4 Å². The van der Waals surface area contributed by atoms with E-state index in [1.165, 1.54) is 11.1 Å². The van der Waals surface area contributed by atoms with Crippen LogP contribution in [0.5, 0.6) is 0 Å². The second-order valence-electron chi connectivity index (χ2n) is 7.36. The molecule has 0 saturated carbocycles. The molecule has 148 valence electrons. The van der Waals surface area contributed by atoms with Gasteiger partial charge in [0.1, 0.15) is 0 Å². The number of aryl methyl sites for hydroxylation is 2. The summed E-state index contributed by atoms with van der Waals surface area (Å²) in [7, 11) is 1.98. The normalized spacial score (nSPS) is 15.8. The number of hydrogen-bond acceptors (Lipinski definition) is 3. The van der Waals surface area contributed by atoms with Crippen LogP contribution in [0.2, 0.25) is 0 Å². The minimum absolute atomic E-state index is 0.0218. The third-order valence-corrected chi connectivity index (χ3v) is 5.38. The molecule has 0 aromatic heterocycles. The zero-order chi connectivity index (χ0) is 19.9. The lowest BCUT2D eigenvalue weighted by Gasteiger charge is -2.32. The third kappa shape index (κ3) is 4.98. The van der Waals surface area contributed by atoms with Gasteiger partial charge in [-0.25, -0.2) is 0 Å². The molecule has 5 heteroatoms. The molecule has 2 aromatic rings. The predicted octanol–water partition coefficient (Wildman–Crippen LogP) is 3.31. The number of rotatable bonds is 7. The Hall–Kier alpha value is -2.66. The molecular formula is C23H29N3O2. The van der Waals surface area contributed by atoms with Crippen LogP contribution >= 0.6 is 0 Å². The Morgan fingerprint density at radius 1 is 1.07 bits per heavy atom. The van der Waals surface area contributed by atoms with E-state index in [4.69, 9.17) is 0 Å². The Kier molecular flexibility index (Phi) is 6.82. The van der Waals surface area contributed by atoms with E-state index in [0.29, 0.717) is 0 Å². The maximum absolute atomic E-state index is 12.4. The van der Waals surface area contributed by atoms with Crippen molar-refractivity contribution in [1.82, 2.24) is 10.2 Å². The molecule has 0 radical (unpaired) electrons. The molecule has 28 heavy (non-hydrogen) atoms. The zero-order valence-corrected chi connectivity index (χ0v) is 16.7. The molecule has 0 aliphatic heterocycles. The highest BCUT2D eigenvalue weighted by Gasteiger charge is 2.24. The molecule has 0 unspecified atom stereocenters. The number of amides is 2. The van der Waals surface area contributed by atoms with E-state index in [2.05, 4.69) is 39.8 Å². The molecule has 5 nitrogen and oxygen atoms in total. The Morgan fingerprint density at radius 3 is 2.64 bits per heavy atom. The number of nitrogens with one attached hydrogen (secondary N) is 2. The highest BCUT2D eigenvalue weighted by Crippen LogP contribution is 2.33. The second-order valence-corrected chi connectivity index (χ2v) is 7.36. The first-order valence-corrected chi connectivity index (χ1v) is 10.0. The number of hydrogen-bond donors (Lipinski definition) is 2. The summed E-state index contributed by atoms with van der Waals surface area (Å²) in [6.07, 6.45) is 4.13. The Bertz CT molecular complexity index is 834. The van der Waals surface area contributed by atoms with Crippen LogP contribution in [0.4, 0.5) is 5.69 Å². The van der Waals surface area contributed by atoms with Gasteiger partial charge >= 0.3 is 0 Å². The first kappa shape index (κ1) is 20.1. The fourth-order valence-corrected chi connectivity index (χ4v) is 3.90. The van der Waals surface area contributed by atoms with E-state index in [0.717, 1.165) is 36.9 Å². The van der Waals surface area contributed by atoms with Crippen molar-refractivity contribution in [3.8, 4) is 0 Å². The van der Waals surface area contributed by atoms with Crippen LogP contribution < -0.4 is 10.6 Å². The van der Waals surface area contributed by atoms with Crippen molar-refractivity contribution in [1.29, 1.82) is 0 Å². The maximum Gasteiger partial charge on any atom is 0.243 e. The van der Waals surface area contributed by atoms with Gasteiger partial charge in [-0.3, -0.25) is 14.5 Å². The molecule has 2 N–H and O–H groups in total. The SMILES string of the molecule is CCc1ccccc1NC(=O)CNC(=O)CN(C)[C@H]1CCCc2ccccc21. The van der Waals surface area contributed by atoms with Crippen LogP contribution in [-0.4, -0.2) is 36.9 Å². The molecule has 0 spiro atoms. The Balaban J connectivity index is 1.50. The van der Waals surface area contributed by atoms with E-state index in [9.17, 15) is 9.59 Å². The fraction of sp³-hybridized carbons (Fsp3) is 0.391. The van der Waals surface area contributed by atoms with Gasteiger partial charge < -0.3 is 10.6 Å². The topological polar surface area (TPSA) is 61.4 Å². The zero-order valence-electron chi connectivity index (χ0n) is 16.7. The molecule has 0 bridgehead atoms. The number of benzene rings is 2. The number of fused-ring (bicyclic) bond motifs is 1. The third-order valence-electron chi connectivity index (χ3n) is 5.38. The van der Waals surface area contributed by atoms with Gasteiger partial charge in [0.05, 0.1) is 13.1 Å². The van der Waals surface area contributed by atoms with Crippen molar-refractivity contribution in [2.24, 2.45) is 0 Å². The Labute approximate surface area is 167 Å². The Morgan fingerprint density at radius 2 is 1.82 bits per heavy atom. The molecule has 0 saturated heterocycles. The lowest BCUT2D eigenvalue weighted by Crippen LogP contribution is -2.41. The van der Waals surface area contributed by atoms with Crippen molar-refractivity contribution >= 4 is 17.5 Å². The standard InChI is InChI=1S/C23H29N3O2/c1-3-17-9-5-7-13-20(17)25-22(27)15-24-23(28)16-26(2)21-14-8-11-18-10-4-6-12-19(18)21/h4-7,9-10,12-13,21H,3,8,11,14-16H2,1-2H3,(H,24,28)(H,25,27)/t21-/m0/s1. The molecule has 1 aliphatic carbocycles. The average molecular weight is 380 g/mol. The highest BCUT2D eigenvalue weighted by atomic mass is 16.2. The van der Waals surface area contributed by atoms with Crippen LogP contribution in [0, 0.1) is 0 Å². The van der Waals surface area contributed by atoms with Gasteiger partial charge in [-0.15, -0.1) is 0 Å². The van der Waals surface area contributed by atoms with E-state index in [1.54, 1.807) is 0 Å². The lowest BCUT2D eigenvalue weighted by molar-refractivity contribution is -0.125. The van der Waals surface area contributed by atoms with E-state index in [1.807, 2.05) is 38.2 Å². The summed E-state index contributed by atoms with van der Waals surface area (Å²) in [5, 5.41) is 5.62. The van der Waals surface area contributed by atoms with Gasteiger partial charge in [0, 0.05) is 11.7 Å². The van der Waals surface area contributed by atoms with Gasteiger partial charge in [0.2, 0.25) is 11.8 Å². The number of para-hydroxylation sites is 1. The van der Waals surface area contributed by atoms with E-state index < -0.39 is 0 Å². The smallest absolute Gasteiger partial charge is 0.243 e. The minimum atomic E-state index is -0.208. The van der Waals surface area contributed by atoms with Crippen molar-refractivity contribution in [2.45, 2.75) is 38.6 Å². The van der Waals surface area contributed by atoms with Crippen LogP contribution in [0.25, 0.3) is 0 Å². The first-order chi connectivity index (χ1) is 13.6. The van der Waals surface area contributed by atoms with Crippen LogP contribution in [0.15, 0.2) is 48.5 Å². The predicted molar refractivity (Wildman–Crippen MR) is 112 cm³/mol. The molecule has 1 aliphatic rings. The summed E-state index contributed by atoms with van der Waals surface area (Å²) < 4.78 is 0. The van der Waals surface area contributed by atoms with Crippen LogP contribution in [0.1, 0.15) is 42.5 Å². The second kappa shape index (κ2) is 9.51. The number of anilines is 1. The molecule has 1 atom stereocenters. The molecular weight excluding hydrogens is 350 g/mol. The molecule has 2 amide bonds. The summed E-state index contributed by atoms with van der Waals surface area (Å²) in [6, 6.07) is 16.4. The number of carbonyl (C=O) groups is 2. The molecule has 3 rings (SSSR count). The largest absolute Gasteiger partial charge is 0.346 e. The summed E-state index contributed by atoms with van der Waals surface area (Å²) in [4.78, 5) is 26.6. The molecule has 2 aromatic carbocycles. The van der Waals surface area contributed by atoms with Crippen molar-refractivity contribution in [2.75, 3.05) is 25.5 Å². The first-order valence-electron chi connectivity index (χ1n) is 10.0. The monoisotopic (exact) mass is 379 g/mol. The maximum atomic E-state index is 12.4. The van der Waals surface area contributed by atoms with Crippen molar-refractivity contribution in [3.63, 3.8) is 0 Å². The van der Waals surface area contributed by atoms with Crippen LogP contribution in [0.3, 0.4) is 0 Å². The molecule has 0 heterocycles. The van der Waals surface area contributed by atoms with Gasteiger partial charge in [-0.2, -0.15) is 0 Å². The summed E-state index contributed by atoms with van der Waals surface area (Å²) in [6.45, 7) is 2.30. The highest BCUT2D eigenvalue weighted by molar-refractivity contribution is 5.95. The summed E-state index contributed by atoms with van der Waals surface area (Å²) in [5.74, 6) is -0.343. The van der Waals surface area contributed by atoms with Gasteiger partial charge in [0.15, 0.2) is 0 Å².